The highest BCUT2D eigenvalue weighted by Crippen LogP contribution is 2.31. The van der Waals surface area contributed by atoms with Gasteiger partial charge in [0, 0.05) is 35.6 Å². The highest BCUT2D eigenvalue weighted by Gasteiger charge is 2.36. The van der Waals surface area contributed by atoms with Crippen molar-refractivity contribution in [2.24, 2.45) is 0 Å². The van der Waals surface area contributed by atoms with E-state index in [1.54, 1.807) is 36.4 Å². The largest absolute Gasteiger partial charge is 0.433 e. The topological polar surface area (TPSA) is 49.8 Å². The molecule has 1 heterocycles. The van der Waals surface area contributed by atoms with Crippen LogP contribution in [-0.2, 0) is 19.3 Å². The molecule has 9 heteroatoms. The van der Waals surface area contributed by atoms with Crippen molar-refractivity contribution >= 4 is 23.2 Å². The van der Waals surface area contributed by atoms with Crippen molar-refractivity contribution in [2.45, 2.75) is 19.3 Å². The van der Waals surface area contributed by atoms with Gasteiger partial charge in [0.15, 0.2) is 5.69 Å². The molecule has 4 nitrogen and oxygen atoms in total. The normalized spacial score (nSPS) is 11.5. The highest BCUT2D eigenvalue weighted by atomic mass is 35.5. The molecular weight excluding hydrogens is 396 g/mol. The summed E-state index contributed by atoms with van der Waals surface area (Å²) in [5.41, 5.74) is 0.0998. The quantitative estimate of drug-likeness (QED) is 0.540. The van der Waals surface area contributed by atoms with Crippen molar-refractivity contribution in [3.63, 3.8) is 0 Å². The van der Waals surface area contributed by atoms with E-state index in [1.165, 1.54) is 12.1 Å². The predicted octanol–water partition coefficient (Wildman–Crippen LogP) is 5.32. The van der Waals surface area contributed by atoms with Crippen molar-refractivity contribution < 1.29 is 17.6 Å². The molecule has 28 heavy (non-hydrogen) atoms. The molecule has 3 aromatic rings. The number of halogens is 5. The van der Waals surface area contributed by atoms with Gasteiger partial charge in [-0.25, -0.2) is 14.4 Å². The first kappa shape index (κ1) is 20.0. The molecule has 146 valence electrons. The predicted molar refractivity (Wildman–Crippen MR) is 98.7 cm³/mol. The first-order valence-corrected chi connectivity index (χ1v) is 8.60. The molecule has 2 aromatic carbocycles. The van der Waals surface area contributed by atoms with E-state index in [9.17, 15) is 17.6 Å². The Hall–Kier alpha value is -2.71. The first-order valence-electron chi connectivity index (χ1n) is 8.22. The fraction of sp³-hybridized carbons (Fsp3) is 0.158. The summed E-state index contributed by atoms with van der Waals surface area (Å²) < 4.78 is 53.2. The third-order valence-corrected chi connectivity index (χ3v) is 4.01. The van der Waals surface area contributed by atoms with E-state index in [4.69, 9.17) is 11.6 Å². The van der Waals surface area contributed by atoms with Gasteiger partial charge >= 0.3 is 6.18 Å². The van der Waals surface area contributed by atoms with Gasteiger partial charge in [-0.05, 0) is 35.9 Å². The zero-order valence-corrected chi connectivity index (χ0v) is 15.2. The van der Waals surface area contributed by atoms with Gasteiger partial charge in [0.05, 0.1) is 0 Å². The Bertz CT molecular complexity index is 945. The molecular formula is C19H15ClF4N4. The number of aromatic nitrogens is 2. The van der Waals surface area contributed by atoms with Crippen molar-refractivity contribution in [1.29, 1.82) is 0 Å². The monoisotopic (exact) mass is 410 g/mol. The maximum Gasteiger partial charge on any atom is 0.433 e. The minimum atomic E-state index is -4.64. The summed E-state index contributed by atoms with van der Waals surface area (Å²) in [4.78, 5) is 7.59. The third-order valence-electron chi connectivity index (χ3n) is 3.77. The van der Waals surface area contributed by atoms with Gasteiger partial charge in [-0.2, -0.15) is 13.2 Å². The average molecular weight is 411 g/mol. The summed E-state index contributed by atoms with van der Waals surface area (Å²) in [5, 5.41) is 6.03. The van der Waals surface area contributed by atoms with Crippen LogP contribution >= 0.6 is 11.6 Å². The lowest BCUT2D eigenvalue weighted by atomic mass is 10.2. The van der Waals surface area contributed by atoms with E-state index in [1.807, 2.05) is 0 Å². The van der Waals surface area contributed by atoms with Crippen molar-refractivity contribution in [1.82, 2.24) is 15.3 Å². The van der Waals surface area contributed by atoms with Crippen LogP contribution in [0.1, 0.15) is 16.8 Å². The molecule has 0 bridgehead atoms. The van der Waals surface area contributed by atoms with Gasteiger partial charge in [-0.3, -0.25) is 0 Å². The lowest BCUT2D eigenvalue weighted by Crippen LogP contribution is -2.20. The minimum Gasteiger partial charge on any atom is -0.324 e. The number of alkyl halides is 3. The summed E-state index contributed by atoms with van der Waals surface area (Å²) in [6, 6.07) is 12.2. The number of nitrogens with one attached hydrogen (secondary N) is 2. The second-order valence-electron chi connectivity index (χ2n) is 5.93. The average Bonchev–Trinajstić information content (AvgIpc) is 2.63. The number of benzene rings is 2. The molecule has 0 aliphatic carbocycles. The van der Waals surface area contributed by atoms with Gasteiger partial charge in [-0.1, -0.05) is 29.8 Å². The van der Waals surface area contributed by atoms with Crippen LogP contribution in [0.4, 0.5) is 29.2 Å². The summed E-state index contributed by atoms with van der Waals surface area (Å²) in [6.07, 6.45) is -3.51. The van der Waals surface area contributed by atoms with Gasteiger partial charge in [0.2, 0.25) is 5.95 Å². The first-order chi connectivity index (χ1) is 13.3. The van der Waals surface area contributed by atoms with E-state index in [0.717, 1.165) is 11.8 Å². The van der Waals surface area contributed by atoms with Gasteiger partial charge in [-0.15, -0.1) is 0 Å². The Morgan fingerprint density at radius 3 is 2.43 bits per heavy atom. The van der Waals surface area contributed by atoms with E-state index < -0.39 is 11.9 Å². The van der Waals surface area contributed by atoms with Crippen LogP contribution < -0.4 is 10.6 Å². The van der Waals surface area contributed by atoms with Crippen LogP contribution in [-0.4, -0.2) is 9.97 Å². The zero-order valence-electron chi connectivity index (χ0n) is 14.4. The smallest absolute Gasteiger partial charge is 0.324 e. The standard InChI is InChI=1S/C19H15ClF4N4/c20-14-2-1-3-16(8-14)27-18-26-11-13(17(28-18)19(22,23)24)10-25-9-12-4-6-15(21)7-5-12/h1-8,11,25H,9-10H2,(H,26,27,28). The summed E-state index contributed by atoms with van der Waals surface area (Å²) in [6.45, 7) is 0.184. The second kappa shape index (κ2) is 8.53. The van der Waals surface area contributed by atoms with Crippen LogP contribution in [0.5, 0.6) is 0 Å². The number of hydrogen-bond donors (Lipinski definition) is 2. The Labute approximate surface area is 163 Å². The van der Waals surface area contributed by atoms with E-state index in [0.29, 0.717) is 10.7 Å². The molecule has 0 radical (unpaired) electrons. The maximum atomic E-state index is 13.4. The van der Waals surface area contributed by atoms with Gasteiger partial charge < -0.3 is 10.6 Å². The molecule has 0 aliphatic heterocycles. The van der Waals surface area contributed by atoms with E-state index in [-0.39, 0.29) is 30.4 Å². The fourth-order valence-corrected chi connectivity index (χ4v) is 2.67. The third kappa shape index (κ3) is 5.40. The molecule has 1 aromatic heterocycles. The van der Waals surface area contributed by atoms with Crippen LogP contribution in [0.15, 0.2) is 54.7 Å². The lowest BCUT2D eigenvalue weighted by molar-refractivity contribution is -0.141. The molecule has 2 N–H and O–H groups in total. The molecule has 0 aliphatic rings. The van der Waals surface area contributed by atoms with Crippen LogP contribution in [0.2, 0.25) is 5.02 Å². The number of anilines is 2. The molecule has 0 atom stereocenters. The second-order valence-corrected chi connectivity index (χ2v) is 6.37. The Balaban J connectivity index is 1.74. The molecule has 0 amide bonds. The summed E-state index contributed by atoms with van der Waals surface area (Å²) in [7, 11) is 0. The molecule has 0 fully saturated rings. The van der Waals surface area contributed by atoms with Gasteiger partial charge in [0.1, 0.15) is 5.82 Å². The molecule has 3 rings (SSSR count). The molecule has 0 saturated carbocycles. The molecule has 0 unspecified atom stereocenters. The zero-order chi connectivity index (χ0) is 20.1. The van der Waals surface area contributed by atoms with Crippen molar-refractivity contribution in [2.75, 3.05) is 5.32 Å². The molecule has 0 saturated heterocycles. The highest BCUT2D eigenvalue weighted by molar-refractivity contribution is 6.30. The Kier molecular flexibility index (Phi) is 6.11. The fourth-order valence-electron chi connectivity index (χ4n) is 2.48. The van der Waals surface area contributed by atoms with Gasteiger partial charge in [0.25, 0.3) is 0 Å². The lowest BCUT2D eigenvalue weighted by Gasteiger charge is -2.14. The van der Waals surface area contributed by atoms with Crippen LogP contribution in [0, 0.1) is 5.82 Å². The number of hydrogen-bond acceptors (Lipinski definition) is 4. The Morgan fingerprint density at radius 1 is 1.00 bits per heavy atom. The maximum absolute atomic E-state index is 13.4. The number of nitrogens with zero attached hydrogens (tertiary/aromatic N) is 2. The molecule has 0 spiro atoms. The van der Waals surface area contributed by atoms with Crippen molar-refractivity contribution in [3.05, 3.63) is 82.4 Å². The van der Waals surface area contributed by atoms with Crippen LogP contribution in [0.25, 0.3) is 0 Å². The van der Waals surface area contributed by atoms with Crippen LogP contribution in [0.3, 0.4) is 0 Å². The van der Waals surface area contributed by atoms with E-state index in [2.05, 4.69) is 20.6 Å². The van der Waals surface area contributed by atoms with E-state index >= 15 is 0 Å². The number of rotatable bonds is 6. The Morgan fingerprint density at radius 2 is 1.75 bits per heavy atom. The SMILES string of the molecule is Fc1ccc(CNCc2cnc(Nc3cccc(Cl)c3)nc2C(F)(F)F)cc1. The summed E-state index contributed by atoms with van der Waals surface area (Å²) in [5.74, 6) is -0.559. The summed E-state index contributed by atoms with van der Waals surface area (Å²) >= 11 is 5.87. The van der Waals surface area contributed by atoms with Crippen molar-refractivity contribution in [3.8, 4) is 0 Å². The minimum absolute atomic E-state index is 0.0914.